The van der Waals surface area contributed by atoms with Gasteiger partial charge in [0.05, 0.1) is 6.04 Å². The first-order chi connectivity index (χ1) is 13.2. The lowest BCUT2D eigenvalue weighted by atomic mass is 9.92. The summed E-state index contributed by atoms with van der Waals surface area (Å²) in [7, 11) is 0. The third-order valence-electron chi connectivity index (χ3n) is 6.14. The molecule has 148 valence electrons. The maximum absolute atomic E-state index is 12.6. The molecule has 1 atom stereocenters. The molecule has 2 saturated heterocycles. The molecule has 4 rings (SSSR count). The molecule has 2 heterocycles. The third kappa shape index (κ3) is 5.00. The summed E-state index contributed by atoms with van der Waals surface area (Å²) < 4.78 is 5.37. The van der Waals surface area contributed by atoms with E-state index in [2.05, 4.69) is 27.2 Å². The average Bonchev–Trinajstić information content (AvgIpc) is 3.53. The first kappa shape index (κ1) is 18.7. The monoisotopic (exact) mass is 372 g/mol. The predicted octanol–water partition coefficient (Wildman–Crippen LogP) is 1.91. The molecule has 0 radical (unpaired) electrons. The van der Waals surface area contributed by atoms with Crippen molar-refractivity contribution in [2.24, 2.45) is 17.6 Å². The van der Waals surface area contributed by atoms with Crippen LogP contribution in [0.3, 0.4) is 0 Å². The fourth-order valence-corrected chi connectivity index (χ4v) is 4.15. The van der Waals surface area contributed by atoms with E-state index >= 15 is 0 Å². The largest absolute Gasteiger partial charge is 0.381 e. The van der Waals surface area contributed by atoms with Crippen LogP contribution in [0, 0.1) is 11.8 Å². The summed E-state index contributed by atoms with van der Waals surface area (Å²) in [6, 6.07) is 7.70. The average molecular weight is 373 g/mol. The molecule has 1 aliphatic carbocycles. The topological polar surface area (TPSA) is 70.8 Å². The first-order valence-corrected chi connectivity index (χ1v) is 10.4. The number of carbonyl (C=O) groups is 1. The number of hydrogen-bond donors (Lipinski definition) is 2. The number of nitrogens with one attached hydrogen (secondary N) is 1. The molecule has 1 amide bonds. The van der Waals surface area contributed by atoms with Gasteiger partial charge in [0, 0.05) is 57.3 Å². The van der Waals surface area contributed by atoms with E-state index in [1.807, 2.05) is 12.1 Å². The normalized spacial score (nSPS) is 23.2. The van der Waals surface area contributed by atoms with Gasteiger partial charge >= 0.3 is 0 Å². The highest BCUT2D eigenvalue weighted by molar-refractivity contribution is 5.95. The molecule has 0 spiro atoms. The number of nitrogens with zero attached hydrogens (tertiary/aromatic N) is 2. The summed E-state index contributed by atoms with van der Waals surface area (Å²) in [5.41, 5.74) is 8.21. The van der Waals surface area contributed by atoms with Crippen molar-refractivity contribution in [2.75, 3.05) is 56.2 Å². The van der Waals surface area contributed by atoms with Crippen molar-refractivity contribution in [1.82, 2.24) is 4.90 Å². The highest BCUT2D eigenvalue weighted by atomic mass is 16.5. The van der Waals surface area contributed by atoms with E-state index in [0.29, 0.717) is 13.2 Å². The van der Waals surface area contributed by atoms with Crippen LogP contribution in [0.4, 0.5) is 11.4 Å². The van der Waals surface area contributed by atoms with Crippen molar-refractivity contribution < 1.29 is 9.53 Å². The number of rotatable bonds is 6. The first-order valence-electron chi connectivity index (χ1n) is 10.4. The predicted molar refractivity (Wildman–Crippen MR) is 108 cm³/mol. The van der Waals surface area contributed by atoms with E-state index < -0.39 is 6.04 Å². The summed E-state index contributed by atoms with van der Waals surface area (Å²) in [5, 5.41) is 3.02. The molecule has 1 unspecified atom stereocenters. The van der Waals surface area contributed by atoms with Crippen molar-refractivity contribution in [1.29, 1.82) is 0 Å². The number of nitrogens with two attached hydrogens (primary N) is 1. The number of piperazine rings is 1. The number of hydrogen-bond acceptors (Lipinski definition) is 5. The molecule has 0 bridgehead atoms. The Morgan fingerprint density at radius 1 is 1.15 bits per heavy atom. The molecular formula is C21H32N4O2. The smallest absolute Gasteiger partial charge is 0.241 e. The highest BCUT2D eigenvalue weighted by Crippen LogP contribution is 2.30. The van der Waals surface area contributed by atoms with Crippen LogP contribution in [0.1, 0.15) is 25.7 Å². The van der Waals surface area contributed by atoms with Crippen LogP contribution in [0.15, 0.2) is 24.3 Å². The highest BCUT2D eigenvalue weighted by Gasteiger charge is 2.28. The van der Waals surface area contributed by atoms with Gasteiger partial charge in [0.1, 0.15) is 0 Å². The molecule has 1 aromatic rings. The van der Waals surface area contributed by atoms with E-state index in [9.17, 15) is 4.79 Å². The summed E-state index contributed by atoms with van der Waals surface area (Å²) >= 11 is 0. The Hall–Kier alpha value is -1.63. The summed E-state index contributed by atoms with van der Waals surface area (Å²) in [6.07, 6.45) is 4.55. The second kappa shape index (κ2) is 8.59. The van der Waals surface area contributed by atoms with E-state index in [1.54, 1.807) is 0 Å². The van der Waals surface area contributed by atoms with Gasteiger partial charge in [-0.25, -0.2) is 0 Å². The van der Waals surface area contributed by atoms with Crippen LogP contribution < -0.4 is 16.0 Å². The molecule has 27 heavy (non-hydrogen) atoms. The van der Waals surface area contributed by atoms with Crippen LogP contribution in [0.2, 0.25) is 0 Å². The molecule has 6 heteroatoms. The van der Waals surface area contributed by atoms with Gasteiger partial charge in [0.2, 0.25) is 5.91 Å². The summed E-state index contributed by atoms with van der Waals surface area (Å²) in [4.78, 5) is 17.6. The molecule has 1 aromatic carbocycles. The number of amides is 1. The lowest BCUT2D eigenvalue weighted by Crippen LogP contribution is -2.47. The molecule has 3 aliphatic rings. The van der Waals surface area contributed by atoms with Crippen LogP contribution in [-0.2, 0) is 9.53 Å². The van der Waals surface area contributed by atoms with Crippen LogP contribution in [-0.4, -0.2) is 62.8 Å². The van der Waals surface area contributed by atoms with Gasteiger partial charge in [0.15, 0.2) is 0 Å². The molecule has 3 N–H and O–H groups in total. The Morgan fingerprint density at radius 3 is 2.59 bits per heavy atom. The maximum atomic E-state index is 12.6. The minimum absolute atomic E-state index is 0.0895. The Bertz CT molecular complexity index is 635. The van der Waals surface area contributed by atoms with E-state index in [0.717, 1.165) is 50.6 Å². The molecule has 1 saturated carbocycles. The van der Waals surface area contributed by atoms with Crippen molar-refractivity contribution in [3.05, 3.63) is 24.3 Å². The lowest BCUT2D eigenvalue weighted by Gasteiger charge is -2.36. The molecule has 0 aromatic heterocycles. The molecular weight excluding hydrogens is 340 g/mol. The van der Waals surface area contributed by atoms with E-state index in [-0.39, 0.29) is 11.8 Å². The van der Waals surface area contributed by atoms with Gasteiger partial charge in [-0.15, -0.1) is 0 Å². The van der Waals surface area contributed by atoms with Crippen molar-refractivity contribution in [3.63, 3.8) is 0 Å². The van der Waals surface area contributed by atoms with Gasteiger partial charge in [0.25, 0.3) is 0 Å². The minimum atomic E-state index is -0.469. The fraction of sp³-hybridized carbons (Fsp3) is 0.667. The van der Waals surface area contributed by atoms with Gasteiger partial charge in [-0.3, -0.25) is 9.69 Å². The Kier molecular flexibility index (Phi) is 5.95. The molecule has 6 nitrogen and oxygen atoms in total. The lowest BCUT2D eigenvalue weighted by molar-refractivity contribution is -0.119. The van der Waals surface area contributed by atoms with Crippen LogP contribution >= 0.6 is 0 Å². The van der Waals surface area contributed by atoms with Crippen LogP contribution in [0.5, 0.6) is 0 Å². The number of anilines is 2. The molecule has 3 fully saturated rings. The van der Waals surface area contributed by atoms with Gasteiger partial charge in [-0.2, -0.15) is 0 Å². The van der Waals surface area contributed by atoms with Gasteiger partial charge < -0.3 is 20.7 Å². The standard InChI is InChI=1S/C21H32N4O2/c22-20(17-6-12-27-13-7-17)21(26)23-18-2-1-3-19(14-18)25-10-8-24(9-11-25)15-16-4-5-16/h1-3,14,16-17,20H,4-13,15,22H2,(H,23,26). The summed E-state index contributed by atoms with van der Waals surface area (Å²) in [5.74, 6) is 1.07. The van der Waals surface area contributed by atoms with Crippen LogP contribution in [0.25, 0.3) is 0 Å². The SMILES string of the molecule is NC(C(=O)Nc1cccc(N2CCN(CC3CC3)CC2)c1)C1CCOCC1. The van der Waals surface area contributed by atoms with Crippen molar-refractivity contribution in [3.8, 4) is 0 Å². The zero-order valence-electron chi connectivity index (χ0n) is 16.1. The van der Waals surface area contributed by atoms with Crippen molar-refractivity contribution in [2.45, 2.75) is 31.7 Å². The van der Waals surface area contributed by atoms with E-state index in [4.69, 9.17) is 10.5 Å². The van der Waals surface area contributed by atoms with E-state index in [1.165, 1.54) is 25.1 Å². The molecule has 2 aliphatic heterocycles. The number of ether oxygens (including phenoxy) is 1. The summed E-state index contributed by atoms with van der Waals surface area (Å²) in [6.45, 7) is 7.02. The quantitative estimate of drug-likeness (QED) is 0.798. The Balaban J connectivity index is 1.31. The van der Waals surface area contributed by atoms with Crippen molar-refractivity contribution >= 4 is 17.3 Å². The second-order valence-electron chi connectivity index (χ2n) is 8.25. The minimum Gasteiger partial charge on any atom is -0.381 e. The Labute approximate surface area is 162 Å². The zero-order valence-corrected chi connectivity index (χ0v) is 16.1. The third-order valence-corrected chi connectivity index (χ3v) is 6.14. The zero-order chi connectivity index (χ0) is 18.6. The van der Waals surface area contributed by atoms with Gasteiger partial charge in [-0.05, 0) is 55.7 Å². The number of carbonyl (C=O) groups excluding carboxylic acids is 1. The Morgan fingerprint density at radius 2 is 1.89 bits per heavy atom. The number of benzene rings is 1. The maximum Gasteiger partial charge on any atom is 0.241 e. The fourth-order valence-electron chi connectivity index (χ4n) is 4.15. The second-order valence-corrected chi connectivity index (χ2v) is 8.25. The van der Waals surface area contributed by atoms with Gasteiger partial charge in [-0.1, -0.05) is 6.07 Å².